The van der Waals surface area contributed by atoms with Gasteiger partial charge < -0.3 is 16.4 Å². The molecule has 0 aliphatic heterocycles. The van der Waals surface area contributed by atoms with Crippen molar-refractivity contribution in [2.24, 2.45) is 5.92 Å². The van der Waals surface area contributed by atoms with Gasteiger partial charge in [0.05, 0.1) is 11.4 Å². The zero-order chi connectivity index (χ0) is 15.4. The molecule has 0 bridgehead atoms. The second-order valence-electron chi connectivity index (χ2n) is 6.45. The number of nitrogens with two attached hydrogens (primary N) is 1. The van der Waals surface area contributed by atoms with Crippen LogP contribution in [0.2, 0.25) is 0 Å². The minimum absolute atomic E-state index is 0.167. The Kier molecular flexibility index (Phi) is 5.10. The minimum atomic E-state index is 0.167. The Balaban J connectivity index is 1.87. The highest BCUT2D eigenvalue weighted by molar-refractivity contribution is 5.79. The van der Waals surface area contributed by atoms with E-state index in [-0.39, 0.29) is 17.9 Å². The average molecular weight is 289 g/mol. The Hall–Kier alpha value is -1.71. The number of amides is 1. The number of aryl methyl sites for hydroxylation is 1. The van der Waals surface area contributed by atoms with Crippen molar-refractivity contribution in [1.82, 2.24) is 5.32 Å². The molecule has 0 spiro atoms. The lowest BCUT2D eigenvalue weighted by molar-refractivity contribution is -0.126. The van der Waals surface area contributed by atoms with E-state index in [1.165, 1.54) is 5.56 Å². The fourth-order valence-electron chi connectivity index (χ4n) is 2.92. The van der Waals surface area contributed by atoms with Crippen molar-refractivity contribution < 1.29 is 4.79 Å². The molecule has 1 aromatic carbocycles. The van der Waals surface area contributed by atoms with Crippen molar-refractivity contribution in [3.05, 3.63) is 23.8 Å². The molecule has 0 heterocycles. The Bertz CT molecular complexity index is 491. The van der Waals surface area contributed by atoms with Gasteiger partial charge in [-0.15, -0.1) is 0 Å². The zero-order valence-electron chi connectivity index (χ0n) is 13.3. The molecule has 4 heteroatoms. The van der Waals surface area contributed by atoms with Crippen molar-refractivity contribution >= 4 is 17.3 Å². The van der Waals surface area contributed by atoms with E-state index in [4.69, 9.17) is 5.73 Å². The first-order valence-electron chi connectivity index (χ1n) is 7.88. The van der Waals surface area contributed by atoms with E-state index in [2.05, 4.69) is 23.6 Å². The van der Waals surface area contributed by atoms with E-state index in [1.807, 2.05) is 26.0 Å². The molecule has 0 unspecified atom stereocenters. The highest BCUT2D eigenvalue weighted by Gasteiger charge is 2.26. The summed E-state index contributed by atoms with van der Waals surface area (Å²) in [6.07, 6.45) is 3.93. The average Bonchev–Trinajstić information content (AvgIpc) is 2.43. The van der Waals surface area contributed by atoms with Crippen molar-refractivity contribution in [3.63, 3.8) is 0 Å². The summed E-state index contributed by atoms with van der Waals surface area (Å²) in [6.45, 7) is 6.08. The van der Waals surface area contributed by atoms with Crippen LogP contribution in [-0.4, -0.2) is 18.0 Å². The number of benzene rings is 1. The number of anilines is 2. The van der Waals surface area contributed by atoms with Gasteiger partial charge in [-0.1, -0.05) is 6.07 Å². The van der Waals surface area contributed by atoms with Crippen LogP contribution < -0.4 is 16.4 Å². The molecule has 1 fully saturated rings. The third-order valence-electron chi connectivity index (χ3n) is 4.10. The van der Waals surface area contributed by atoms with E-state index in [9.17, 15) is 4.79 Å². The van der Waals surface area contributed by atoms with Crippen LogP contribution in [0.15, 0.2) is 18.2 Å². The second kappa shape index (κ2) is 6.83. The summed E-state index contributed by atoms with van der Waals surface area (Å²) in [5.41, 5.74) is 9.03. The van der Waals surface area contributed by atoms with Crippen LogP contribution in [0.4, 0.5) is 11.4 Å². The predicted octanol–water partition coefficient (Wildman–Crippen LogP) is 3.07. The highest BCUT2D eigenvalue weighted by atomic mass is 16.1. The summed E-state index contributed by atoms with van der Waals surface area (Å²) in [5.74, 6) is 0.374. The maximum atomic E-state index is 12.0. The fraction of sp³-hybridized carbons (Fsp3) is 0.588. The van der Waals surface area contributed by atoms with Crippen molar-refractivity contribution in [2.45, 2.75) is 58.5 Å². The molecule has 0 radical (unpaired) electrons. The maximum Gasteiger partial charge on any atom is 0.223 e. The molecule has 116 valence electrons. The monoisotopic (exact) mass is 289 g/mol. The Morgan fingerprint density at radius 1 is 1.24 bits per heavy atom. The Morgan fingerprint density at radius 3 is 2.52 bits per heavy atom. The number of nitrogens with one attached hydrogen (secondary N) is 2. The van der Waals surface area contributed by atoms with Gasteiger partial charge in [0.15, 0.2) is 0 Å². The zero-order valence-corrected chi connectivity index (χ0v) is 13.3. The molecule has 21 heavy (non-hydrogen) atoms. The molecular formula is C17H27N3O. The van der Waals surface area contributed by atoms with E-state index in [0.717, 1.165) is 37.1 Å². The van der Waals surface area contributed by atoms with Crippen LogP contribution in [0.25, 0.3) is 0 Å². The lowest BCUT2D eigenvalue weighted by Gasteiger charge is -2.30. The first kappa shape index (κ1) is 15.7. The predicted molar refractivity (Wildman–Crippen MR) is 88.2 cm³/mol. The molecule has 2 rings (SSSR count). The molecule has 1 amide bonds. The van der Waals surface area contributed by atoms with Crippen LogP contribution in [0.1, 0.15) is 45.1 Å². The normalized spacial score (nSPS) is 22.1. The number of carbonyl (C=O) groups is 1. The molecule has 1 aromatic rings. The van der Waals surface area contributed by atoms with Gasteiger partial charge in [-0.25, -0.2) is 0 Å². The van der Waals surface area contributed by atoms with Gasteiger partial charge in [0.25, 0.3) is 0 Å². The standard InChI is InChI=1S/C17H27N3O/c1-11(2)19-17(21)13-5-7-14(8-6-13)20-16-10-12(3)4-9-15(16)18/h4,9-11,13-14,20H,5-8,18H2,1-3H3,(H,19,21)/t13-,14+. The Morgan fingerprint density at radius 2 is 1.90 bits per heavy atom. The van der Waals surface area contributed by atoms with E-state index < -0.39 is 0 Å². The molecule has 0 saturated heterocycles. The molecule has 1 aliphatic rings. The van der Waals surface area contributed by atoms with Crippen molar-refractivity contribution in [3.8, 4) is 0 Å². The topological polar surface area (TPSA) is 67.1 Å². The number of carbonyl (C=O) groups excluding carboxylic acids is 1. The molecule has 1 aliphatic carbocycles. The van der Waals surface area contributed by atoms with Gasteiger partial charge >= 0.3 is 0 Å². The highest BCUT2D eigenvalue weighted by Crippen LogP contribution is 2.29. The third kappa shape index (κ3) is 4.38. The summed E-state index contributed by atoms with van der Waals surface area (Å²) in [6, 6.07) is 6.69. The van der Waals surface area contributed by atoms with E-state index in [0.29, 0.717) is 6.04 Å². The van der Waals surface area contributed by atoms with Crippen LogP contribution in [0.5, 0.6) is 0 Å². The van der Waals surface area contributed by atoms with Gasteiger partial charge in [-0.3, -0.25) is 4.79 Å². The first-order valence-corrected chi connectivity index (χ1v) is 7.88. The van der Waals surface area contributed by atoms with Gasteiger partial charge in [-0.2, -0.15) is 0 Å². The van der Waals surface area contributed by atoms with Gasteiger partial charge in [-0.05, 0) is 64.2 Å². The molecule has 4 N–H and O–H groups in total. The van der Waals surface area contributed by atoms with Gasteiger partial charge in [0, 0.05) is 18.0 Å². The molecule has 0 aromatic heterocycles. The third-order valence-corrected chi connectivity index (χ3v) is 4.10. The largest absolute Gasteiger partial charge is 0.397 e. The number of hydrogen-bond donors (Lipinski definition) is 3. The van der Waals surface area contributed by atoms with Crippen molar-refractivity contribution in [2.75, 3.05) is 11.1 Å². The van der Waals surface area contributed by atoms with Crippen LogP contribution >= 0.6 is 0 Å². The lowest BCUT2D eigenvalue weighted by Crippen LogP contribution is -2.38. The summed E-state index contributed by atoms with van der Waals surface area (Å²) < 4.78 is 0. The second-order valence-corrected chi connectivity index (χ2v) is 6.45. The molecule has 0 atom stereocenters. The van der Waals surface area contributed by atoms with Crippen LogP contribution in [-0.2, 0) is 4.79 Å². The van der Waals surface area contributed by atoms with Gasteiger partial charge in [0.1, 0.15) is 0 Å². The molecule has 4 nitrogen and oxygen atoms in total. The number of nitrogen functional groups attached to an aromatic ring is 1. The summed E-state index contributed by atoms with van der Waals surface area (Å²) in [5, 5.41) is 6.55. The Labute approximate surface area is 127 Å². The smallest absolute Gasteiger partial charge is 0.223 e. The van der Waals surface area contributed by atoms with Crippen molar-refractivity contribution in [1.29, 1.82) is 0 Å². The molecule has 1 saturated carbocycles. The summed E-state index contributed by atoms with van der Waals surface area (Å²) >= 11 is 0. The first-order chi connectivity index (χ1) is 9.95. The fourth-order valence-corrected chi connectivity index (χ4v) is 2.92. The van der Waals surface area contributed by atoms with E-state index >= 15 is 0 Å². The van der Waals surface area contributed by atoms with Crippen LogP contribution in [0, 0.1) is 12.8 Å². The maximum absolute atomic E-state index is 12.0. The lowest BCUT2D eigenvalue weighted by atomic mass is 9.85. The molecular weight excluding hydrogens is 262 g/mol. The number of rotatable bonds is 4. The van der Waals surface area contributed by atoms with E-state index in [1.54, 1.807) is 0 Å². The van der Waals surface area contributed by atoms with Gasteiger partial charge in [0.2, 0.25) is 5.91 Å². The SMILES string of the molecule is Cc1ccc(N)c(N[C@H]2CC[C@@H](C(=O)NC(C)C)CC2)c1. The summed E-state index contributed by atoms with van der Waals surface area (Å²) in [7, 11) is 0. The summed E-state index contributed by atoms with van der Waals surface area (Å²) in [4.78, 5) is 12.0. The quantitative estimate of drug-likeness (QED) is 0.746. The van der Waals surface area contributed by atoms with Crippen LogP contribution in [0.3, 0.4) is 0 Å². The number of hydrogen-bond acceptors (Lipinski definition) is 3. The minimum Gasteiger partial charge on any atom is -0.397 e.